The molecule has 0 aromatic carbocycles. The van der Waals surface area contributed by atoms with E-state index in [4.69, 9.17) is 0 Å². The Bertz CT molecular complexity index is 604. The maximum Gasteiger partial charge on any atom is 0.0796 e. The van der Waals surface area contributed by atoms with Crippen molar-refractivity contribution >= 4 is 0 Å². The molecular weight excluding hydrogens is 722 g/mol. The lowest BCUT2D eigenvalue weighted by molar-refractivity contribution is -0.395. The van der Waals surface area contributed by atoms with Gasteiger partial charge in [0.1, 0.15) is 0 Å². The van der Waals surface area contributed by atoms with Crippen LogP contribution < -0.4 is 18.1 Å². The van der Waals surface area contributed by atoms with Gasteiger partial charge in [-0.3, -0.25) is 0 Å². The van der Waals surface area contributed by atoms with Crippen LogP contribution in [0.2, 0.25) is 0 Å². The van der Waals surface area contributed by atoms with Gasteiger partial charge in [-0.05, 0) is 19.3 Å². The zero-order valence-electron chi connectivity index (χ0n) is 41.4. The predicted octanol–water partition coefficient (Wildman–Crippen LogP) is 17.2. The van der Waals surface area contributed by atoms with Crippen LogP contribution in [0.25, 0.3) is 0 Å². The normalized spacial score (nSPS) is 11.8. The molecule has 0 rings (SSSR count). The zero-order chi connectivity index (χ0) is 41.3. The van der Waals surface area contributed by atoms with E-state index >= 15 is 0 Å². The summed E-state index contributed by atoms with van der Waals surface area (Å²) < 4.78 is 0. The van der Waals surface area contributed by atoms with Crippen LogP contribution in [0.3, 0.4) is 0 Å². The standard InChI is InChI=1S/C56H115N.ClH/c1-4-7-10-13-16-19-22-25-28-31-34-37-40-43-46-49-52-56(55-57,53-50-47-44-41-38-35-32-29-26-23-20-17-14-11-8-5-2)54-51-48-45-42-39-36-33-30-27-24-21-18-15-12-9-6-3;/h4-55,57H2,1-3H3;1H. The summed E-state index contributed by atoms with van der Waals surface area (Å²) in [5.74, 6) is 0. The van der Waals surface area contributed by atoms with Crippen molar-refractivity contribution in [3.63, 3.8) is 0 Å². The Kier molecular flexibility index (Phi) is 55.5. The number of quaternary nitrogens is 1. The molecule has 0 unspecified atom stereocenters. The van der Waals surface area contributed by atoms with Crippen LogP contribution in [0.15, 0.2) is 0 Å². The summed E-state index contributed by atoms with van der Waals surface area (Å²) >= 11 is 0. The second-order valence-electron chi connectivity index (χ2n) is 19.9. The fraction of sp³-hybridized carbons (Fsp3) is 1.00. The van der Waals surface area contributed by atoms with Crippen LogP contribution in [0.5, 0.6) is 0 Å². The molecule has 0 spiro atoms. The number of halogens is 1. The van der Waals surface area contributed by atoms with Crippen LogP contribution in [0.4, 0.5) is 0 Å². The van der Waals surface area contributed by atoms with Crippen molar-refractivity contribution in [2.45, 2.75) is 348 Å². The lowest BCUT2D eigenvalue weighted by Gasteiger charge is -2.31. The minimum Gasteiger partial charge on any atom is -1.00 e. The molecule has 1 nitrogen and oxygen atoms in total. The monoisotopic (exact) mass is 838 g/mol. The van der Waals surface area contributed by atoms with Gasteiger partial charge in [0.05, 0.1) is 6.54 Å². The fourth-order valence-electron chi connectivity index (χ4n) is 9.89. The van der Waals surface area contributed by atoms with Gasteiger partial charge in [0.2, 0.25) is 0 Å². The first-order valence-corrected chi connectivity index (χ1v) is 28.0. The van der Waals surface area contributed by atoms with E-state index in [0.29, 0.717) is 5.41 Å². The maximum atomic E-state index is 4.63. The SMILES string of the molecule is CCCCCCCCCCCCCCCCCCC(C[NH3+])(CCCCCCCCCCCCCCCCCC)CCCCCCCCCCCCCCCCCC.[Cl-]. The Balaban J connectivity index is 0. The minimum atomic E-state index is 0. The highest BCUT2D eigenvalue weighted by molar-refractivity contribution is 4.79. The topological polar surface area (TPSA) is 27.6 Å². The second-order valence-corrected chi connectivity index (χ2v) is 19.9. The molecule has 0 fully saturated rings. The van der Waals surface area contributed by atoms with Crippen molar-refractivity contribution in [3.05, 3.63) is 0 Å². The molecule has 0 aliphatic carbocycles. The van der Waals surface area contributed by atoms with Crippen molar-refractivity contribution < 1.29 is 18.1 Å². The largest absolute Gasteiger partial charge is 1.00 e. The average molecular weight is 839 g/mol. The van der Waals surface area contributed by atoms with Crippen molar-refractivity contribution in [2.24, 2.45) is 5.41 Å². The highest BCUT2D eigenvalue weighted by Crippen LogP contribution is 2.36. The highest BCUT2D eigenvalue weighted by atomic mass is 35.5. The predicted molar refractivity (Wildman–Crippen MR) is 263 cm³/mol. The Morgan fingerprint density at radius 2 is 0.328 bits per heavy atom. The summed E-state index contributed by atoms with van der Waals surface area (Å²) in [7, 11) is 0. The van der Waals surface area contributed by atoms with E-state index in [9.17, 15) is 0 Å². The molecule has 0 radical (unpaired) electrons. The first-order chi connectivity index (χ1) is 28.2. The molecule has 3 N–H and O–H groups in total. The summed E-state index contributed by atoms with van der Waals surface area (Å²) in [5.41, 5.74) is 5.18. The quantitative estimate of drug-likeness (QED) is 0.0591. The molecule has 0 aliphatic heterocycles. The lowest BCUT2D eigenvalue weighted by Crippen LogP contribution is -3.00. The smallest absolute Gasteiger partial charge is 0.0796 e. The Morgan fingerprint density at radius 3 is 0.448 bits per heavy atom. The molecule has 0 aromatic rings. The first-order valence-electron chi connectivity index (χ1n) is 28.0. The van der Waals surface area contributed by atoms with E-state index in [0.717, 1.165) is 0 Å². The molecule has 0 amide bonds. The number of hydrogen-bond donors (Lipinski definition) is 1. The van der Waals surface area contributed by atoms with E-state index in [-0.39, 0.29) is 12.4 Å². The molecule has 0 heterocycles. The van der Waals surface area contributed by atoms with Gasteiger partial charge in [-0.25, -0.2) is 0 Å². The van der Waals surface area contributed by atoms with Gasteiger partial charge in [0.15, 0.2) is 0 Å². The lowest BCUT2D eigenvalue weighted by atomic mass is 9.74. The third-order valence-corrected chi connectivity index (χ3v) is 14.2. The number of rotatable bonds is 52. The van der Waals surface area contributed by atoms with E-state index in [1.165, 1.54) is 334 Å². The molecule has 0 atom stereocenters. The molecule has 2 heteroatoms. The molecule has 0 aliphatic rings. The third kappa shape index (κ3) is 47.3. The number of hydrogen-bond acceptors (Lipinski definition) is 0. The van der Waals surface area contributed by atoms with Crippen LogP contribution in [-0.4, -0.2) is 6.54 Å². The van der Waals surface area contributed by atoms with Crippen molar-refractivity contribution in [2.75, 3.05) is 6.54 Å². The molecule has 0 aromatic heterocycles. The van der Waals surface area contributed by atoms with Crippen molar-refractivity contribution in [1.29, 1.82) is 0 Å². The van der Waals surface area contributed by atoms with Crippen LogP contribution >= 0.6 is 0 Å². The summed E-state index contributed by atoms with van der Waals surface area (Å²) in [5, 5.41) is 0. The summed E-state index contributed by atoms with van der Waals surface area (Å²) in [6.45, 7) is 8.14. The summed E-state index contributed by atoms with van der Waals surface area (Å²) in [6.07, 6.45) is 74.9. The fourth-order valence-corrected chi connectivity index (χ4v) is 9.89. The van der Waals surface area contributed by atoms with E-state index in [1.54, 1.807) is 0 Å². The van der Waals surface area contributed by atoms with Crippen LogP contribution in [-0.2, 0) is 0 Å². The summed E-state index contributed by atoms with van der Waals surface area (Å²) in [4.78, 5) is 0. The first kappa shape index (κ1) is 60.3. The van der Waals surface area contributed by atoms with Gasteiger partial charge in [0.25, 0.3) is 0 Å². The zero-order valence-corrected chi connectivity index (χ0v) is 42.1. The maximum absolute atomic E-state index is 4.63. The van der Waals surface area contributed by atoms with Gasteiger partial charge >= 0.3 is 0 Å². The second kappa shape index (κ2) is 53.4. The average Bonchev–Trinajstić information content (AvgIpc) is 3.22. The molecule has 0 bridgehead atoms. The van der Waals surface area contributed by atoms with Crippen molar-refractivity contribution in [3.8, 4) is 0 Å². The van der Waals surface area contributed by atoms with E-state index < -0.39 is 0 Å². The molecule has 58 heavy (non-hydrogen) atoms. The van der Waals surface area contributed by atoms with E-state index in [1.807, 2.05) is 0 Å². The molecule has 0 saturated carbocycles. The molecule has 0 saturated heterocycles. The Labute approximate surface area is 376 Å². The Morgan fingerprint density at radius 1 is 0.207 bits per heavy atom. The van der Waals surface area contributed by atoms with Gasteiger partial charge in [0, 0.05) is 5.41 Å². The van der Waals surface area contributed by atoms with Gasteiger partial charge < -0.3 is 18.1 Å². The molecule has 352 valence electrons. The minimum absolute atomic E-state index is 0. The van der Waals surface area contributed by atoms with E-state index in [2.05, 4.69) is 26.5 Å². The van der Waals surface area contributed by atoms with Gasteiger partial charge in [-0.1, -0.05) is 329 Å². The third-order valence-electron chi connectivity index (χ3n) is 14.2. The molecular formula is C56H116ClN. The van der Waals surface area contributed by atoms with Crippen LogP contribution in [0, 0.1) is 5.41 Å². The van der Waals surface area contributed by atoms with Gasteiger partial charge in [-0.2, -0.15) is 0 Å². The summed E-state index contributed by atoms with van der Waals surface area (Å²) in [6, 6.07) is 0. The number of unbranched alkanes of at least 4 members (excludes halogenated alkanes) is 45. The Hall–Kier alpha value is 0.250. The van der Waals surface area contributed by atoms with Gasteiger partial charge in [-0.15, -0.1) is 0 Å². The van der Waals surface area contributed by atoms with Crippen LogP contribution in [0.1, 0.15) is 348 Å². The van der Waals surface area contributed by atoms with Crippen molar-refractivity contribution in [1.82, 2.24) is 0 Å². The highest BCUT2D eigenvalue weighted by Gasteiger charge is 2.29.